The van der Waals surface area contributed by atoms with Crippen LogP contribution in [0.3, 0.4) is 0 Å². The quantitative estimate of drug-likeness (QED) is 0.584. The Labute approximate surface area is 98.0 Å². The number of rotatable bonds is 6. The number of terminal acetylenes is 1. The van der Waals surface area contributed by atoms with E-state index >= 15 is 0 Å². The van der Waals surface area contributed by atoms with Crippen LogP contribution in [0.25, 0.3) is 0 Å². The normalized spacial score (nSPS) is 11.8. The molecule has 16 heavy (non-hydrogen) atoms. The van der Waals surface area contributed by atoms with E-state index in [0.717, 1.165) is 30.8 Å². The minimum absolute atomic E-state index is 0.0234. The molecule has 0 aliphatic carbocycles. The fourth-order valence-electron chi connectivity index (χ4n) is 1.44. The molecule has 1 unspecified atom stereocenters. The summed E-state index contributed by atoms with van der Waals surface area (Å²) in [5.41, 5.74) is 1.09. The molecule has 1 aromatic carbocycles. The van der Waals surface area contributed by atoms with Gasteiger partial charge in [-0.3, -0.25) is 0 Å². The lowest BCUT2D eigenvalue weighted by Crippen LogP contribution is -2.13. The number of ether oxygens (including phenoxy) is 1. The lowest BCUT2D eigenvalue weighted by molar-refractivity contribution is 0.309. The third-order valence-corrected chi connectivity index (χ3v) is 2.44. The molecule has 86 valence electrons. The van der Waals surface area contributed by atoms with Crippen molar-refractivity contribution in [2.75, 3.05) is 13.7 Å². The Morgan fingerprint density at radius 2 is 2.06 bits per heavy atom. The molecule has 0 amide bonds. The summed E-state index contributed by atoms with van der Waals surface area (Å²) in [5.74, 6) is 3.59. The molecule has 0 bridgehead atoms. The molecule has 1 atom stereocenters. The second kappa shape index (κ2) is 6.92. The zero-order chi connectivity index (χ0) is 11.8. The van der Waals surface area contributed by atoms with Gasteiger partial charge in [-0.2, -0.15) is 0 Å². The minimum atomic E-state index is -0.0234. The molecule has 0 saturated heterocycles. The van der Waals surface area contributed by atoms with Gasteiger partial charge < -0.3 is 10.1 Å². The zero-order valence-electron chi connectivity index (χ0n) is 9.99. The maximum atomic E-state index is 5.58. The van der Waals surface area contributed by atoms with Crippen LogP contribution in [-0.4, -0.2) is 13.7 Å². The van der Waals surface area contributed by atoms with Gasteiger partial charge in [-0.05, 0) is 31.2 Å². The van der Waals surface area contributed by atoms with Gasteiger partial charge in [0.05, 0.1) is 12.6 Å². The Bertz CT molecular complexity index is 337. The van der Waals surface area contributed by atoms with E-state index in [0.29, 0.717) is 0 Å². The Kier molecular flexibility index (Phi) is 5.45. The van der Waals surface area contributed by atoms with Gasteiger partial charge in [0.15, 0.2) is 0 Å². The Balaban J connectivity index is 2.57. The Hall–Kier alpha value is -1.46. The van der Waals surface area contributed by atoms with Crippen molar-refractivity contribution in [1.82, 2.24) is 5.32 Å². The highest BCUT2D eigenvalue weighted by Gasteiger charge is 2.04. The van der Waals surface area contributed by atoms with Crippen LogP contribution in [0.4, 0.5) is 0 Å². The van der Waals surface area contributed by atoms with E-state index in [2.05, 4.69) is 18.2 Å². The smallest absolute Gasteiger partial charge is 0.119 e. The predicted octanol–water partition coefficient (Wildman–Crippen LogP) is 2.76. The van der Waals surface area contributed by atoms with Crippen molar-refractivity contribution in [3.63, 3.8) is 0 Å². The van der Waals surface area contributed by atoms with Crippen LogP contribution in [0, 0.1) is 12.3 Å². The molecule has 1 rings (SSSR count). The van der Waals surface area contributed by atoms with Crippen LogP contribution in [0.15, 0.2) is 24.3 Å². The van der Waals surface area contributed by atoms with Crippen molar-refractivity contribution in [3.8, 4) is 18.1 Å². The SMILES string of the molecule is C#CC(NC)c1ccc(OCCCC)cc1. The number of hydrogen-bond donors (Lipinski definition) is 1. The number of hydrogen-bond acceptors (Lipinski definition) is 2. The van der Waals surface area contributed by atoms with Crippen molar-refractivity contribution < 1.29 is 4.74 Å². The summed E-state index contributed by atoms with van der Waals surface area (Å²) in [4.78, 5) is 0. The molecular weight excluding hydrogens is 198 g/mol. The Morgan fingerprint density at radius 1 is 1.38 bits per heavy atom. The highest BCUT2D eigenvalue weighted by atomic mass is 16.5. The van der Waals surface area contributed by atoms with Crippen LogP contribution in [0.1, 0.15) is 31.4 Å². The highest BCUT2D eigenvalue weighted by Crippen LogP contribution is 2.17. The third kappa shape index (κ3) is 3.60. The average molecular weight is 217 g/mol. The lowest BCUT2D eigenvalue weighted by atomic mass is 10.1. The maximum absolute atomic E-state index is 5.58. The molecule has 0 saturated carbocycles. The van der Waals surface area contributed by atoms with E-state index in [1.54, 1.807) is 0 Å². The molecule has 0 fully saturated rings. The second-order valence-electron chi connectivity index (χ2n) is 3.66. The van der Waals surface area contributed by atoms with Gasteiger partial charge in [0.25, 0.3) is 0 Å². The number of benzene rings is 1. The van der Waals surface area contributed by atoms with E-state index in [1.165, 1.54) is 0 Å². The summed E-state index contributed by atoms with van der Waals surface area (Å²) >= 11 is 0. The van der Waals surface area contributed by atoms with Crippen LogP contribution in [-0.2, 0) is 0 Å². The first-order valence-electron chi connectivity index (χ1n) is 5.68. The summed E-state index contributed by atoms with van der Waals surface area (Å²) in [5, 5.41) is 3.06. The van der Waals surface area contributed by atoms with Crippen LogP contribution in [0.5, 0.6) is 5.75 Å². The molecular formula is C14H19NO. The molecule has 2 heteroatoms. The first-order valence-corrected chi connectivity index (χ1v) is 5.68. The van der Waals surface area contributed by atoms with E-state index in [-0.39, 0.29) is 6.04 Å². The van der Waals surface area contributed by atoms with Crippen LogP contribution in [0.2, 0.25) is 0 Å². The summed E-state index contributed by atoms with van der Waals surface area (Å²) in [6.45, 7) is 2.93. The summed E-state index contributed by atoms with van der Waals surface area (Å²) in [6, 6.07) is 7.91. The van der Waals surface area contributed by atoms with Crippen LogP contribution < -0.4 is 10.1 Å². The molecule has 1 N–H and O–H groups in total. The molecule has 0 radical (unpaired) electrons. The fraction of sp³-hybridized carbons (Fsp3) is 0.429. The van der Waals surface area contributed by atoms with Crippen molar-refractivity contribution in [2.24, 2.45) is 0 Å². The zero-order valence-corrected chi connectivity index (χ0v) is 9.99. The molecule has 0 aromatic heterocycles. The fourth-order valence-corrected chi connectivity index (χ4v) is 1.44. The van der Waals surface area contributed by atoms with Gasteiger partial charge in [-0.25, -0.2) is 0 Å². The van der Waals surface area contributed by atoms with Crippen LogP contribution >= 0.6 is 0 Å². The number of nitrogens with one attached hydrogen (secondary N) is 1. The topological polar surface area (TPSA) is 21.3 Å². The third-order valence-electron chi connectivity index (χ3n) is 2.44. The lowest BCUT2D eigenvalue weighted by Gasteiger charge is -2.11. The molecule has 0 aliphatic rings. The highest BCUT2D eigenvalue weighted by molar-refractivity contribution is 5.32. The van der Waals surface area contributed by atoms with E-state index in [4.69, 9.17) is 11.2 Å². The largest absolute Gasteiger partial charge is 0.494 e. The maximum Gasteiger partial charge on any atom is 0.119 e. The summed E-state index contributed by atoms with van der Waals surface area (Å²) < 4.78 is 5.58. The van der Waals surface area contributed by atoms with Crippen molar-refractivity contribution in [2.45, 2.75) is 25.8 Å². The molecule has 0 aliphatic heterocycles. The van der Waals surface area contributed by atoms with Crippen molar-refractivity contribution in [3.05, 3.63) is 29.8 Å². The minimum Gasteiger partial charge on any atom is -0.494 e. The van der Waals surface area contributed by atoms with Gasteiger partial charge in [0.1, 0.15) is 5.75 Å². The Morgan fingerprint density at radius 3 is 2.56 bits per heavy atom. The van der Waals surface area contributed by atoms with E-state index in [1.807, 2.05) is 31.3 Å². The van der Waals surface area contributed by atoms with Gasteiger partial charge in [0.2, 0.25) is 0 Å². The molecule has 1 aromatic rings. The van der Waals surface area contributed by atoms with Gasteiger partial charge in [0, 0.05) is 0 Å². The summed E-state index contributed by atoms with van der Waals surface area (Å²) in [7, 11) is 1.86. The number of unbranched alkanes of at least 4 members (excludes halogenated alkanes) is 1. The first kappa shape index (κ1) is 12.6. The van der Waals surface area contributed by atoms with Crippen molar-refractivity contribution >= 4 is 0 Å². The molecule has 2 nitrogen and oxygen atoms in total. The molecule has 0 heterocycles. The van der Waals surface area contributed by atoms with E-state index in [9.17, 15) is 0 Å². The predicted molar refractivity (Wildman–Crippen MR) is 67.5 cm³/mol. The standard InChI is InChI=1S/C14H19NO/c1-4-6-11-16-13-9-7-12(8-10-13)14(5-2)15-3/h2,7-10,14-15H,4,6,11H2,1,3H3. The van der Waals surface area contributed by atoms with Gasteiger partial charge in [-0.15, -0.1) is 6.42 Å². The van der Waals surface area contributed by atoms with Crippen molar-refractivity contribution in [1.29, 1.82) is 0 Å². The van der Waals surface area contributed by atoms with Gasteiger partial charge >= 0.3 is 0 Å². The summed E-state index contributed by atoms with van der Waals surface area (Å²) in [6.07, 6.45) is 7.65. The first-order chi connectivity index (χ1) is 7.81. The average Bonchev–Trinajstić information content (AvgIpc) is 2.33. The molecule has 0 spiro atoms. The van der Waals surface area contributed by atoms with E-state index < -0.39 is 0 Å². The monoisotopic (exact) mass is 217 g/mol. The second-order valence-corrected chi connectivity index (χ2v) is 3.66. The van der Waals surface area contributed by atoms with Gasteiger partial charge in [-0.1, -0.05) is 31.4 Å².